The van der Waals surface area contributed by atoms with Crippen LogP contribution in [-0.2, 0) is 5.11 Å². The van der Waals surface area contributed by atoms with E-state index in [0.717, 1.165) is 4.90 Å². The fourth-order valence-electron chi connectivity index (χ4n) is 1.13. The van der Waals surface area contributed by atoms with Crippen LogP contribution < -0.4 is 0 Å². The van der Waals surface area contributed by atoms with Crippen molar-refractivity contribution in [2.24, 2.45) is 0 Å². The Bertz CT molecular complexity index is 394. The Balaban J connectivity index is 2.16. The molecule has 2 rings (SSSR count). The van der Waals surface area contributed by atoms with Crippen LogP contribution >= 0.6 is 11.8 Å². The van der Waals surface area contributed by atoms with E-state index in [1.54, 1.807) is 23.9 Å². The van der Waals surface area contributed by atoms with Gasteiger partial charge in [-0.1, -0.05) is 30.0 Å². The molecule has 0 atom stereocenters. The topological polar surface area (TPSA) is 19.9 Å². The first kappa shape index (κ1) is 9.16. The Morgan fingerprint density at radius 1 is 0.714 bits per heavy atom. The van der Waals surface area contributed by atoms with Gasteiger partial charge in [-0.15, -0.1) is 0 Å². The van der Waals surface area contributed by atoms with Crippen molar-refractivity contribution >= 4 is 11.8 Å². The highest BCUT2D eigenvalue weighted by atomic mass is 32.2. The maximum Gasteiger partial charge on any atom is 0.178 e. The van der Waals surface area contributed by atoms with E-state index in [1.807, 2.05) is 30.3 Å². The van der Waals surface area contributed by atoms with Gasteiger partial charge in [0.05, 0.1) is 0 Å². The Kier molecular flexibility index (Phi) is 2.75. The summed E-state index contributed by atoms with van der Waals surface area (Å²) < 4.78 is 0. The van der Waals surface area contributed by atoms with Gasteiger partial charge in [0.1, 0.15) is 0 Å². The summed E-state index contributed by atoms with van der Waals surface area (Å²) in [4.78, 5) is 2.28. The summed E-state index contributed by atoms with van der Waals surface area (Å²) in [5.41, 5.74) is 0. The van der Waals surface area contributed by atoms with Crippen LogP contribution in [0.4, 0.5) is 0 Å². The van der Waals surface area contributed by atoms with Gasteiger partial charge in [-0.3, -0.25) is 5.11 Å². The predicted octanol–water partition coefficient (Wildman–Crippen LogP) is 3.98. The molecule has 0 spiro atoms. The van der Waals surface area contributed by atoms with Gasteiger partial charge in [0.15, 0.2) is 5.75 Å². The molecule has 2 heteroatoms. The molecule has 2 aromatic carbocycles. The summed E-state index contributed by atoms with van der Waals surface area (Å²) in [6.45, 7) is 0. The fourth-order valence-corrected chi connectivity index (χ4v) is 1.97. The van der Waals surface area contributed by atoms with Crippen LogP contribution in [0, 0.1) is 0 Å². The molecule has 0 N–H and O–H groups in total. The van der Waals surface area contributed by atoms with Gasteiger partial charge >= 0.3 is 0 Å². The van der Waals surface area contributed by atoms with Crippen LogP contribution in [0.2, 0.25) is 0 Å². The highest BCUT2D eigenvalue weighted by Crippen LogP contribution is 2.28. The summed E-state index contributed by atoms with van der Waals surface area (Å²) in [5, 5.41) is 10.9. The first-order valence-corrected chi connectivity index (χ1v) is 5.16. The lowest BCUT2D eigenvalue weighted by Crippen LogP contribution is -1.71. The van der Waals surface area contributed by atoms with Gasteiger partial charge in [0, 0.05) is 9.79 Å². The van der Waals surface area contributed by atoms with Crippen molar-refractivity contribution in [2.45, 2.75) is 9.79 Å². The van der Waals surface area contributed by atoms with Gasteiger partial charge in [0.2, 0.25) is 0 Å². The standard InChI is InChI=1S/C12H9OS/c13-10-6-8-12(9-7-10)14-11-4-2-1-3-5-11/h1-9H. The normalized spacial score (nSPS) is 10.0. The Morgan fingerprint density at radius 3 is 1.93 bits per heavy atom. The maximum atomic E-state index is 10.9. The van der Waals surface area contributed by atoms with E-state index in [4.69, 9.17) is 0 Å². The first-order valence-electron chi connectivity index (χ1n) is 4.34. The molecule has 0 saturated heterocycles. The van der Waals surface area contributed by atoms with E-state index >= 15 is 0 Å². The Labute approximate surface area is 87.4 Å². The molecule has 0 heterocycles. The second-order valence-corrected chi connectivity index (χ2v) is 4.03. The van der Waals surface area contributed by atoms with Gasteiger partial charge < -0.3 is 0 Å². The minimum absolute atomic E-state index is 0.0578. The average molecular weight is 201 g/mol. The number of hydrogen-bond acceptors (Lipinski definition) is 1. The van der Waals surface area contributed by atoms with Crippen LogP contribution in [0.3, 0.4) is 0 Å². The maximum absolute atomic E-state index is 10.9. The SMILES string of the molecule is [O]c1ccc(Sc2ccccc2)cc1. The molecule has 14 heavy (non-hydrogen) atoms. The summed E-state index contributed by atoms with van der Waals surface area (Å²) in [6.07, 6.45) is 0. The van der Waals surface area contributed by atoms with Crippen molar-refractivity contribution in [2.75, 3.05) is 0 Å². The molecule has 0 aliphatic heterocycles. The van der Waals surface area contributed by atoms with Crippen molar-refractivity contribution in [1.29, 1.82) is 0 Å². The largest absolute Gasteiger partial charge is 0.290 e. The van der Waals surface area contributed by atoms with Crippen LogP contribution in [-0.4, -0.2) is 0 Å². The monoisotopic (exact) mass is 201 g/mol. The number of hydrogen-bond donors (Lipinski definition) is 0. The van der Waals surface area contributed by atoms with Crippen molar-refractivity contribution in [1.82, 2.24) is 0 Å². The Hall–Kier alpha value is -1.41. The van der Waals surface area contributed by atoms with E-state index in [0.29, 0.717) is 0 Å². The van der Waals surface area contributed by atoms with E-state index in [9.17, 15) is 5.11 Å². The molecule has 0 aliphatic rings. The third kappa shape index (κ3) is 2.30. The quantitative estimate of drug-likeness (QED) is 0.719. The molecule has 1 nitrogen and oxygen atoms in total. The van der Waals surface area contributed by atoms with Crippen LogP contribution in [0.15, 0.2) is 64.4 Å². The second-order valence-electron chi connectivity index (χ2n) is 2.89. The van der Waals surface area contributed by atoms with Crippen molar-refractivity contribution in [3.8, 4) is 5.75 Å². The second kappa shape index (κ2) is 4.20. The lowest BCUT2D eigenvalue weighted by molar-refractivity contribution is 0.354. The molecule has 0 bridgehead atoms. The Morgan fingerprint density at radius 2 is 1.29 bits per heavy atom. The lowest BCUT2D eigenvalue weighted by atomic mass is 10.3. The third-order valence-electron chi connectivity index (χ3n) is 1.80. The minimum Gasteiger partial charge on any atom is -0.290 e. The number of rotatable bonds is 2. The predicted molar refractivity (Wildman–Crippen MR) is 57.1 cm³/mol. The van der Waals surface area contributed by atoms with E-state index in [1.165, 1.54) is 4.90 Å². The zero-order chi connectivity index (χ0) is 9.80. The van der Waals surface area contributed by atoms with Crippen molar-refractivity contribution in [3.05, 3.63) is 54.6 Å². The van der Waals surface area contributed by atoms with E-state index < -0.39 is 0 Å². The molecule has 69 valence electrons. The van der Waals surface area contributed by atoms with Crippen LogP contribution in [0.1, 0.15) is 0 Å². The third-order valence-corrected chi connectivity index (χ3v) is 2.82. The molecule has 0 unspecified atom stereocenters. The molecule has 0 fully saturated rings. The van der Waals surface area contributed by atoms with E-state index in [-0.39, 0.29) is 5.75 Å². The van der Waals surface area contributed by atoms with Crippen LogP contribution in [0.5, 0.6) is 5.75 Å². The highest BCUT2D eigenvalue weighted by molar-refractivity contribution is 7.99. The van der Waals surface area contributed by atoms with Crippen molar-refractivity contribution < 1.29 is 5.11 Å². The molecular weight excluding hydrogens is 192 g/mol. The van der Waals surface area contributed by atoms with Crippen LogP contribution in [0.25, 0.3) is 0 Å². The summed E-state index contributed by atoms with van der Waals surface area (Å²) in [5.74, 6) is 0.0578. The van der Waals surface area contributed by atoms with Crippen molar-refractivity contribution in [3.63, 3.8) is 0 Å². The zero-order valence-electron chi connectivity index (χ0n) is 7.51. The molecule has 0 aromatic heterocycles. The lowest BCUT2D eigenvalue weighted by Gasteiger charge is -1.99. The van der Waals surface area contributed by atoms with Gasteiger partial charge in [-0.05, 0) is 36.4 Å². The van der Waals surface area contributed by atoms with E-state index in [2.05, 4.69) is 12.1 Å². The highest BCUT2D eigenvalue weighted by Gasteiger charge is 1.96. The minimum atomic E-state index is 0.0578. The van der Waals surface area contributed by atoms with Gasteiger partial charge in [-0.2, -0.15) is 0 Å². The summed E-state index contributed by atoms with van der Waals surface area (Å²) in [7, 11) is 0. The molecule has 1 radical (unpaired) electrons. The molecule has 0 amide bonds. The first-order chi connectivity index (χ1) is 6.84. The molecule has 0 saturated carbocycles. The molecule has 2 aromatic rings. The molecular formula is C12H9OS. The summed E-state index contributed by atoms with van der Waals surface area (Å²) >= 11 is 1.66. The zero-order valence-corrected chi connectivity index (χ0v) is 8.33. The smallest absolute Gasteiger partial charge is 0.178 e. The molecule has 0 aliphatic carbocycles. The number of benzene rings is 2. The average Bonchev–Trinajstić information content (AvgIpc) is 2.23. The summed E-state index contributed by atoms with van der Waals surface area (Å²) in [6, 6.07) is 17.0. The van der Waals surface area contributed by atoms with Gasteiger partial charge in [0.25, 0.3) is 0 Å². The fraction of sp³-hybridized carbons (Fsp3) is 0. The van der Waals surface area contributed by atoms with Gasteiger partial charge in [-0.25, -0.2) is 0 Å².